The van der Waals surface area contributed by atoms with Crippen molar-refractivity contribution in [2.24, 2.45) is 0 Å². The van der Waals surface area contributed by atoms with Crippen LogP contribution in [0.15, 0.2) is 61.2 Å². The minimum Gasteiger partial charge on any atom is -0.507 e. The standard InChI is InChI=1S/C20H20N2O4S/c1-2-19(24)21-15-8-9-18(23)16(12-15)20(25)22-10-11-27(26)13-17(22)14-6-4-3-5-7-14/h2-9,12,17,23H,1,10-11,13H2,(H,21,24). The molecule has 2 aromatic rings. The Labute approximate surface area is 160 Å². The molecule has 0 saturated carbocycles. The van der Waals surface area contributed by atoms with Crippen molar-refractivity contribution in [2.45, 2.75) is 6.04 Å². The molecule has 6 nitrogen and oxygen atoms in total. The molecule has 1 aliphatic heterocycles. The highest BCUT2D eigenvalue weighted by Crippen LogP contribution is 2.30. The minimum atomic E-state index is -1.01. The second-order valence-corrected chi connectivity index (χ2v) is 7.78. The first-order valence-electron chi connectivity index (χ1n) is 8.47. The predicted octanol–water partition coefficient (Wildman–Crippen LogP) is 2.46. The van der Waals surface area contributed by atoms with Gasteiger partial charge in [-0.05, 0) is 29.8 Å². The van der Waals surface area contributed by atoms with Crippen LogP contribution in [0.5, 0.6) is 5.75 Å². The van der Waals surface area contributed by atoms with Gasteiger partial charge in [0.1, 0.15) is 5.75 Å². The van der Waals surface area contributed by atoms with Gasteiger partial charge in [-0.15, -0.1) is 0 Å². The number of anilines is 1. The number of amides is 2. The van der Waals surface area contributed by atoms with Crippen molar-refractivity contribution in [1.29, 1.82) is 0 Å². The highest BCUT2D eigenvalue weighted by molar-refractivity contribution is 7.85. The lowest BCUT2D eigenvalue weighted by Gasteiger charge is -2.35. The van der Waals surface area contributed by atoms with Crippen molar-refractivity contribution in [3.8, 4) is 5.75 Å². The van der Waals surface area contributed by atoms with E-state index < -0.39 is 16.7 Å². The Hall–Kier alpha value is -2.93. The number of hydrogen-bond acceptors (Lipinski definition) is 4. The molecule has 0 bridgehead atoms. The summed E-state index contributed by atoms with van der Waals surface area (Å²) in [4.78, 5) is 26.3. The quantitative estimate of drug-likeness (QED) is 0.626. The molecule has 27 heavy (non-hydrogen) atoms. The molecular formula is C20H20N2O4S. The molecule has 2 atom stereocenters. The lowest BCUT2D eigenvalue weighted by molar-refractivity contribution is -0.111. The number of hydrogen-bond donors (Lipinski definition) is 2. The Morgan fingerprint density at radius 1 is 1.22 bits per heavy atom. The maximum absolute atomic E-state index is 13.2. The monoisotopic (exact) mass is 384 g/mol. The first kappa shape index (κ1) is 18.8. The van der Waals surface area contributed by atoms with Gasteiger partial charge in [0.25, 0.3) is 5.91 Å². The zero-order chi connectivity index (χ0) is 19.4. The lowest BCUT2D eigenvalue weighted by Crippen LogP contribution is -2.44. The van der Waals surface area contributed by atoms with Gasteiger partial charge in [0.15, 0.2) is 0 Å². The molecule has 0 aliphatic carbocycles. The van der Waals surface area contributed by atoms with Crippen molar-refractivity contribution >= 4 is 28.3 Å². The fourth-order valence-corrected chi connectivity index (χ4v) is 4.32. The Bertz CT molecular complexity index is 898. The van der Waals surface area contributed by atoms with Crippen LogP contribution in [0.25, 0.3) is 0 Å². The molecule has 2 unspecified atom stereocenters. The molecule has 0 aromatic heterocycles. The fourth-order valence-electron chi connectivity index (χ4n) is 3.03. The van der Waals surface area contributed by atoms with E-state index in [-0.39, 0.29) is 23.3 Å². The van der Waals surface area contributed by atoms with E-state index in [0.29, 0.717) is 23.7 Å². The SMILES string of the molecule is C=CC(=O)Nc1ccc(O)c(C(=O)N2CCS(=O)CC2c2ccccc2)c1. The number of aromatic hydroxyl groups is 1. The Morgan fingerprint density at radius 3 is 2.67 bits per heavy atom. The molecular weight excluding hydrogens is 364 g/mol. The van der Waals surface area contributed by atoms with Crippen LogP contribution in [0, 0.1) is 0 Å². The molecule has 140 valence electrons. The summed E-state index contributed by atoms with van der Waals surface area (Å²) in [5, 5.41) is 12.8. The van der Waals surface area contributed by atoms with Gasteiger partial charge in [-0.1, -0.05) is 36.9 Å². The van der Waals surface area contributed by atoms with Crippen molar-refractivity contribution in [3.05, 3.63) is 72.3 Å². The van der Waals surface area contributed by atoms with Crippen LogP contribution in [-0.4, -0.2) is 44.1 Å². The Morgan fingerprint density at radius 2 is 1.96 bits per heavy atom. The van der Waals surface area contributed by atoms with Gasteiger partial charge in [-0.2, -0.15) is 0 Å². The number of carbonyl (C=O) groups is 2. The van der Waals surface area contributed by atoms with Gasteiger partial charge in [0.2, 0.25) is 5.91 Å². The lowest BCUT2D eigenvalue weighted by atomic mass is 10.0. The van der Waals surface area contributed by atoms with Crippen LogP contribution in [0.2, 0.25) is 0 Å². The average molecular weight is 384 g/mol. The average Bonchev–Trinajstić information content (AvgIpc) is 2.69. The number of carbonyl (C=O) groups excluding carboxylic acids is 2. The third kappa shape index (κ3) is 4.25. The van der Waals surface area contributed by atoms with Crippen LogP contribution in [0.3, 0.4) is 0 Å². The maximum Gasteiger partial charge on any atom is 0.258 e. The summed E-state index contributed by atoms with van der Waals surface area (Å²) in [5.74, 6) is -0.205. The minimum absolute atomic E-state index is 0.0884. The molecule has 3 rings (SSSR count). The van der Waals surface area contributed by atoms with Crippen molar-refractivity contribution in [2.75, 3.05) is 23.4 Å². The van der Waals surface area contributed by atoms with E-state index in [9.17, 15) is 18.9 Å². The summed E-state index contributed by atoms with van der Waals surface area (Å²) in [6, 6.07) is 13.4. The molecule has 2 aromatic carbocycles. The largest absolute Gasteiger partial charge is 0.507 e. The molecule has 1 aliphatic rings. The number of phenols is 1. The van der Waals surface area contributed by atoms with E-state index in [4.69, 9.17) is 0 Å². The van der Waals surface area contributed by atoms with E-state index in [1.54, 1.807) is 4.90 Å². The van der Waals surface area contributed by atoms with Gasteiger partial charge in [-0.3, -0.25) is 13.8 Å². The molecule has 2 amide bonds. The second kappa shape index (κ2) is 8.18. The summed E-state index contributed by atoms with van der Waals surface area (Å²) in [5.41, 5.74) is 1.37. The topological polar surface area (TPSA) is 86.7 Å². The molecule has 1 fully saturated rings. The zero-order valence-corrected chi connectivity index (χ0v) is 15.4. The van der Waals surface area contributed by atoms with E-state index in [2.05, 4.69) is 11.9 Å². The highest BCUT2D eigenvalue weighted by atomic mass is 32.2. The van der Waals surface area contributed by atoms with Crippen molar-refractivity contribution in [3.63, 3.8) is 0 Å². The Kier molecular flexibility index (Phi) is 5.71. The molecule has 1 heterocycles. The van der Waals surface area contributed by atoms with Gasteiger partial charge >= 0.3 is 0 Å². The maximum atomic E-state index is 13.2. The first-order valence-corrected chi connectivity index (χ1v) is 9.95. The second-order valence-electron chi connectivity index (χ2n) is 6.16. The van der Waals surface area contributed by atoms with E-state index in [1.807, 2.05) is 30.3 Å². The van der Waals surface area contributed by atoms with Gasteiger partial charge in [0, 0.05) is 34.5 Å². The van der Waals surface area contributed by atoms with Crippen LogP contribution >= 0.6 is 0 Å². The highest BCUT2D eigenvalue weighted by Gasteiger charge is 2.32. The zero-order valence-electron chi connectivity index (χ0n) is 14.6. The van der Waals surface area contributed by atoms with Crippen LogP contribution in [0.4, 0.5) is 5.69 Å². The van der Waals surface area contributed by atoms with E-state index in [0.717, 1.165) is 11.6 Å². The molecule has 1 saturated heterocycles. The summed E-state index contributed by atoms with van der Waals surface area (Å²) >= 11 is 0. The predicted molar refractivity (Wildman–Crippen MR) is 105 cm³/mol. The normalized spacial score (nSPS) is 19.3. The fraction of sp³-hybridized carbons (Fsp3) is 0.200. The van der Waals surface area contributed by atoms with E-state index >= 15 is 0 Å². The Balaban J connectivity index is 1.93. The molecule has 0 spiro atoms. The number of nitrogens with zero attached hydrogens (tertiary/aromatic N) is 1. The van der Waals surface area contributed by atoms with Gasteiger partial charge in [-0.25, -0.2) is 0 Å². The van der Waals surface area contributed by atoms with E-state index in [1.165, 1.54) is 18.2 Å². The van der Waals surface area contributed by atoms with Crippen LogP contribution < -0.4 is 5.32 Å². The summed E-state index contributed by atoms with van der Waals surface area (Å²) in [6.45, 7) is 3.72. The smallest absolute Gasteiger partial charge is 0.258 e. The number of phenolic OH excluding ortho intramolecular Hbond substituents is 1. The van der Waals surface area contributed by atoms with Crippen LogP contribution in [0.1, 0.15) is 22.0 Å². The van der Waals surface area contributed by atoms with Crippen molar-refractivity contribution < 1.29 is 18.9 Å². The van der Waals surface area contributed by atoms with Gasteiger partial charge < -0.3 is 15.3 Å². The third-order valence-electron chi connectivity index (χ3n) is 4.40. The summed E-state index contributed by atoms with van der Waals surface area (Å²) < 4.78 is 12.1. The number of rotatable bonds is 4. The van der Waals surface area contributed by atoms with Gasteiger partial charge in [0.05, 0.1) is 11.6 Å². The molecule has 2 N–H and O–H groups in total. The van der Waals surface area contributed by atoms with Crippen molar-refractivity contribution in [1.82, 2.24) is 4.90 Å². The summed E-state index contributed by atoms with van der Waals surface area (Å²) in [7, 11) is -1.01. The van der Waals surface area contributed by atoms with Crippen LogP contribution in [-0.2, 0) is 15.6 Å². The molecule has 7 heteroatoms. The third-order valence-corrected chi connectivity index (χ3v) is 5.73. The number of nitrogens with one attached hydrogen (secondary N) is 1. The summed E-state index contributed by atoms with van der Waals surface area (Å²) in [6.07, 6.45) is 1.12. The first-order chi connectivity index (χ1) is 13.0. The number of benzene rings is 2. The molecule has 0 radical (unpaired) electrons.